The second kappa shape index (κ2) is 8.06. The number of benzene rings is 1. The van der Waals surface area contributed by atoms with Gasteiger partial charge in [-0.2, -0.15) is 4.98 Å². The molecule has 2 N–H and O–H groups in total. The Labute approximate surface area is 142 Å². The van der Waals surface area contributed by atoms with Gasteiger partial charge in [-0.05, 0) is 12.0 Å². The molecule has 0 aliphatic heterocycles. The summed E-state index contributed by atoms with van der Waals surface area (Å²) in [5.41, 5.74) is 0.894. The maximum atomic E-state index is 12.1. The number of aryl methyl sites for hydroxylation is 1. The smallest absolute Gasteiger partial charge is 0.227 e. The van der Waals surface area contributed by atoms with Crippen LogP contribution >= 0.6 is 0 Å². The van der Waals surface area contributed by atoms with Crippen LogP contribution in [0.1, 0.15) is 44.5 Å². The summed E-state index contributed by atoms with van der Waals surface area (Å²) in [5.74, 6) is 0.953. The van der Waals surface area contributed by atoms with Gasteiger partial charge in [-0.15, -0.1) is 0 Å². The number of nitrogens with zero attached hydrogens (tertiary/aromatic N) is 2. The summed E-state index contributed by atoms with van der Waals surface area (Å²) in [6.45, 7) is 5.91. The summed E-state index contributed by atoms with van der Waals surface area (Å²) in [7, 11) is 0. The highest BCUT2D eigenvalue weighted by atomic mass is 16.5. The van der Waals surface area contributed by atoms with E-state index in [0.717, 1.165) is 5.56 Å². The predicted octanol–water partition coefficient (Wildman–Crippen LogP) is 2.02. The van der Waals surface area contributed by atoms with E-state index < -0.39 is 0 Å². The Morgan fingerprint density at radius 2 is 2.00 bits per heavy atom. The lowest BCUT2D eigenvalue weighted by Gasteiger charge is -2.16. The van der Waals surface area contributed by atoms with Gasteiger partial charge in [-0.25, -0.2) is 0 Å². The number of aliphatic hydroxyl groups excluding tert-OH is 1. The number of aromatic nitrogens is 2. The molecule has 0 spiro atoms. The van der Waals surface area contributed by atoms with E-state index in [-0.39, 0.29) is 30.4 Å². The first-order valence-electron chi connectivity index (χ1n) is 8.15. The molecule has 1 atom stereocenters. The number of carbonyl (C=O) groups is 1. The van der Waals surface area contributed by atoms with Crippen molar-refractivity contribution in [2.24, 2.45) is 0 Å². The van der Waals surface area contributed by atoms with Crippen molar-refractivity contribution in [1.29, 1.82) is 0 Å². The molecule has 130 valence electrons. The monoisotopic (exact) mass is 331 g/mol. The first-order valence-corrected chi connectivity index (χ1v) is 8.15. The third-order valence-electron chi connectivity index (χ3n) is 3.62. The second-order valence-corrected chi connectivity index (χ2v) is 6.90. The Morgan fingerprint density at radius 1 is 1.29 bits per heavy atom. The van der Waals surface area contributed by atoms with E-state index in [9.17, 15) is 9.90 Å². The predicted molar refractivity (Wildman–Crippen MR) is 90.5 cm³/mol. The quantitative estimate of drug-likeness (QED) is 0.810. The van der Waals surface area contributed by atoms with Gasteiger partial charge in [0, 0.05) is 18.3 Å². The molecule has 1 aromatic heterocycles. The molecule has 0 radical (unpaired) electrons. The molecular formula is C18H25N3O3. The van der Waals surface area contributed by atoms with Crippen LogP contribution in [0.15, 0.2) is 34.9 Å². The second-order valence-electron chi connectivity index (χ2n) is 6.90. The number of rotatable bonds is 7. The van der Waals surface area contributed by atoms with Gasteiger partial charge in [0.05, 0.1) is 12.6 Å². The summed E-state index contributed by atoms with van der Waals surface area (Å²) < 4.78 is 5.18. The van der Waals surface area contributed by atoms with Crippen LogP contribution in [0.4, 0.5) is 0 Å². The van der Waals surface area contributed by atoms with Gasteiger partial charge in [0.1, 0.15) is 0 Å². The Bertz CT molecular complexity index is 647. The van der Waals surface area contributed by atoms with Crippen molar-refractivity contribution in [2.75, 3.05) is 6.61 Å². The van der Waals surface area contributed by atoms with Crippen LogP contribution in [0.3, 0.4) is 0 Å². The third kappa shape index (κ3) is 5.45. The molecule has 6 nitrogen and oxygen atoms in total. The fourth-order valence-corrected chi connectivity index (χ4v) is 2.24. The Balaban J connectivity index is 1.82. The highest BCUT2D eigenvalue weighted by Crippen LogP contribution is 2.18. The minimum atomic E-state index is -0.298. The number of aliphatic hydroxyl groups is 1. The highest BCUT2D eigenvalue weighted by molar-refractivity contribution is 5.76. The fourth-order valence-electron chi connectivity index (χ4n) is 2.24. The van der Waals surface area contributed by atoms with Crippen LogP contribution in [0.2, 0.25) is 0 Å². The van der Waals surface area contributed by atoms with Crippen molar-refractivity contribution >= 4 is 5.91 Å². The van der Waals surface area contributed by atoms with Gasteiger partial charge in [0.25, 0.3) is 0 Å². The summed E-state index contributed by atoms with van der Waals surface area (Å²) in [6.07, 6.45) is 1.23. The SMILES string of the molecule is CC(C)(C)c1noc(CCC(=O)NC(CO)Cc2ccccc2)n1. The number of hydrogen-bond acceptors (Lipinski definition) is 5. The minimum absolute atomic E-state index is 0.102. The molecule has 1 heterocycles. The van der Waals surface area contributed by atoms with Crippen LogP contribution in [0.5, 0.6) is 0 Å². The topological polar surface area (TPSA) is 88.2 Å². The molecule has 2 rings (SSSR count). The van der Waals surface area contributed by atoms with E-state index in [2.05, 4.69) is 15.5 Å². The van der Waals surface area contributed by atoms with Gasteiger partial charge in [-0.1, -0.05) is 56.3 Å². The van der Waals surface area contributed by atoms with Gasteiger partial charge in [-0.3, -0.25) is 4.79 Å². The largest absolute Gasteiger partial charge is 0.394 e. The molecule has 24 heavy (non-hydrogen) atoms. The van der Waals surface area contributed by atoms with Crippen LogP contribution in [0.25, 0.3) is 0 Å². The van der Waals surface area contributed by atoms with Crippen LogP contribution < -0.4 is 5.32 Å². The lowest BCUT2D eigenvalue weighted by Crippen LogP contribution is -2.39. The van der Waals surface area contributed by atoms with Crippen molar-refractivity contribution in [3.8, 4) is 0 Å². The lowest BCUT2D eigenvalue weighted by atomic mass is 9.96. The zero-order valence-electron chi connectivity index (χ0n) is 14.5. The number of amides is 1. The summed E-state index contributed by atoms with van der Waals surface area (Å²) in [5, 5.41) is 16.2. The molecule has 1 aromatic carbocycles. The number of hydrogen-bond donors (Lipinski definition) is 2. The molecule has 1 amide bonds. The van der Waals surface area contributed by atoms with Crippen molar-refractivity contribution < 1.29 is 14.4 Å². The lowest BCUT2D eigenvalue weighted by molar-refractivity contribution is -0.122. The summed E-state index contributed by atoms with van der Waals surface area (Å²) in [4.78, 5) is 16.4. The molecule has 0 fully saturated rings. The fraction of sp³-hybridized carbons (Fsp3) is 0.500. The summed E-state index contributed by atoms with van der Waals surface area (Å²) >= 11 is 0. The highest BCUT2D eigenvalue weighted by Gasteiger charge is 2.21. The van der Waals surface area contributed by atoms with E-state index in [4.69, 9.17) is 4.52 Å². The zero-order chi connectivity index (χ0) is 17.6. The molecule has 0 aliphatic rings. The van der Waals surface area contributed by atoms with Crippen LogP contribution in [0, 0.1) is 0 Å². The molecule has 2 aromatic rings. The van der Waals surface area contributed by atoms with Gasteiger partial charge in [0.15, 0.2) is 5.82 Å². The molecular weight excluding hydrogens is 306 g/mol. The number of carbonyl (C=O) groups excluding carboxylic acids is 1. The first-order chi connectivity index (χ1) is 11.4. The maximum absolute atomic E-state index is 12.1. The van der Waals surface area contributed by atoms with Crippen molar-refractivity contribution in [3.63, 3.8) is 0 Å². The average Bonchev–Trinajstić information content (AvgIpc) is 3.02. The van der Waals surface area contributed by atoms with Crippen molar-refractivity contribution in [2.45, 2.75) is 51.5 Å². The Morgan fingerprint density at radius 3 is 2.58 bits per heavy atom. The van der Waals surface area contributed by atoms with E-state index in [1.165, 1.54) is 0 Å². The Hall–Kier alpha value is -2.21. The van der Waals surface area contributed by atoms with Crippen molar-refractivity contribution in [1.82, 2.24) is 15.5 Å². The van der Waals surface area contributed by atoms with Gasteiger partial charge < -0.3 is 14.9 Å². The van der Waals surface area contributed by atoms with Gasteiger partial charge in [0.2, 0.25) is 11.8 Å². The maximum Gasteiger partial charge on any atom is 0.227 e. The van der Waals surface area contributed by atoms with Crippen LogP contribution in [-0.4, -0.2) is 33.8 Å². The molecule has 6 heteroatoms. The number of nitrogens with one attached hydrogen (secondary N) is 1. The first kappa shape index (κ1) is 18.1. The zero-order valence-corrected chi connectivity index (χ0v) is 14.5. The molecule has 1 unspecified atom stereocenters. The Kier molecular flexibility index (Phi) is 6.09. The molecule has 0 bridgehead atoms. The van der Waals surface area contributed by atoms with Crippen molar-refractivity contribution in [3.05, 3.63) is 47.6 Å². The molecule has 0 aliphatic carbocycles. The van der Waals surface area contributed by atoms with E-state index in [0.29, 0.717) is 24.6 Å². The van der Waals surface area contributed by atoms with Crippen LogP contribution in [-0.2, 0) is 23.1 Å². The molecule has 0 saturated carbocycles. The standard InChI is InChI=1S/C18H25N3O3/c1-18(2,3)17-20-16(24-21-17)10-9-15(23)19-14(12-22)11-13-7-5-4-6-8-13/h4-8,14,22H,9-12H2,1-3H3,(H,19,23). The molecule has 0 saturated heterocycles. The van der Waals surface area contributed by atoms with E-state index in [1.807, 2.05) is 51.1 Å². The van der Waals surface area contributed by atoms with Gasteiger partial charge >= 0.3 is 0 Å². The minimum Gasteiger partial charge on any atom is -0.394 e. The van der Waals surface area contributed by atoms with E-state index >= 15 is 0 Å². The third-order valence-corrected chi connectivity index (χ3v) is 3.62. The van der Waals surface area contributed by atoms with E-state index in [1.54, 1.807) is 0 Å². The average molecular weight is 331 g/mol. The summed E-state index contributed by atoms with van der Waals surface area (Å²) in [6, 6.07) is 9.46. The normalized spacial score (nSPS) is 12.8.